The van der Waals surface area contributed by atoms with Gasteiger partial charge in [0.2, 0.25) is 5.89 Å². The molecule has 1 aliphatic carbocycles. The first-order valence-corrected chi connectivity index (χ1v) is 10.9. The molecule has 2 aromatic rings. The van der Waals surface area contributed by atoms with Gasteiger partial charge in [-0.1, -0.05) is 12.1 Å². The zero-order valence-corrected chi connectivity index (χ0v) is 17.7. The van der Waals surface area contributed by atoms with E-state index in [1.54, 1.807) is 0 Å². The molecule has 4 rings (SSSR count). The average Bonchev–Trinajstić information content (AvgIpc) is 3.04. The molecule has 1 aliphatic heterocycles. The Balaban J connectivity index is 1.26. The second kappa shape index (κ2) is 8.99. The Morgan fingerprint density at radius 3 is 2.79 bits per heavy atom. The van der Waals surface area contributed by atoms with Crippen LogP contribution in [-0.2, 0) is 19.4 Å². The van der Waals surface area contributed by atoms with E-state index in [4.69, 9.17) is 10.2 Å². The van der Waals surface area contributed by atoms with Crippen LogP contribution in [0.4, 0.5) is 5.69 Å². The van der Waals surface area contributed by atoms with Crippen molar-refractivity contribution in [1.82, 2.24) is 9.88 Å². The van der Waals surface area contributed by atoms with Gasteiger partial charge in [0.25, 0.3) is 0 Å². The van der Waals surface area contributed by atoms with Crippen molar-refractivity contribution in [2.45, 2.75) is 58.9 Å². The average molecular weight is 396 g/mol. The monoisotopic (exact) mass is 395 g/mol. The number of aliphatic imine (C=N–C) groups is 1. The molecule has 0 bridgehead atoms. The molecule has 0 spiro atoms. The van der Waals surface area contributed by atoms with Crippen molar-refractivity contribution < 1.29 is 4.42 Å². The molecule has 6 heteroatoms. The van der Waals surface area contributed by atoms with Crippen molar-refractivity contribution in [3.8, 4) is 0 Å². The lowest BCUT2D eigenvalue weighted by Crippen LogP contribution is -2.34. The first-order chi connectivity index (χ1) is 14.1. The quantitative estimate of drug-likeness (QED) is 0.594. The minimum Gasteiger partial charge on any atom is -0.444 e. The van der Waals surface area contributed by atoms with E-state index in [9.17, 15) is 0 Å². The summed E-state index contributed by atoms with van der Waals surface area (Å²) in [5.41, 5.74) is 11.2. The highest BCUT2D eigenvalue weighted by Gasteiger charge is 2.21. The smallest absolute Gasteiger partial charge is 0.208 e. The fraction of sp³-hybridized carbons (Fsp3) is 0.565. The summed E-state index contributed by atoms with van der Waals surface area (Å²) < 4.78 is 5.72. The highest BCUT2D eigenvalue weighted by molar-refractivity contribution is 5.93. The lowest BCUT2D eigenvalue weighted by atomic mass is 9.90. The predicted octanol–water partition coefficient (Wildman–Crippen LogP) is 3.81. The summed E-state index contributed by atoms with van der Waals surface area (Å²) in [5.74, 6) is 2.88. The van der Waals surface area contributed by atoms with E-state index in [1.165, 1.54) is 30.4 Å². The number of piperidine rings is 1. The van der Waals surface area contributed by atoms with Gasteiger partial charge in [0, 0.05) is 12.2 Å². The highest BCUT2D eigenvalue weighted by Crippen LogP contribution is 2.27. The van der Waals surface area contributed by atoms with Crippen molar-refractivity contribution >= 4 is 11.6 Å². The zero-order chi connectivity index (χ0) is 20.2. The van der Waals surface area contributed by atoms with Crippen LogP contribution in [0, 0.1) is 19.8 Å². The molecule has 0 unspecified atom stereocenters. The zero-order valence-electron chi connectivity index (χ0n) is 17.7. The number of hydrogen-bond donors (Lipinski definition) is 2. The number of guanidine groups is 1. The fourth-order valence-corrected chi connectivity index (χ4v) is 4.43. The molecule has 1 aromatic heterocycles. The van der Waals surface area contributed by atoms with E-state index in [0.29, 0.717) is 11.9 Å². The molecule has 1 saturated heterocycles. The van der Waals surface area contributed by atoms with Gasteiger partial charge in [-0.2, -0.15) is 0 Å². The minimum atomic E-state index is 0.539. The first kappa shape index (κ1) is 20.0. The Bertz CT molecular complexity index is 845. The summed E-state index contributed by atoms with van der Waals surface area (Å²) in [4.78, 5) is 11.6. The van der Waals surface area contributed by atoms with Gasteiger partial charge < -0.3 is 15.5 Å². The topological polar surface area (TPSA) is 79.7 Å². The molecular formula is C23H33N5O. The van der Waals surface area contributed by atoms with Crippen molar-refractivity contribution in [2.75, 3.05) is 25.0 Å². The maximum Gasteiger partial charge on any atom is 0.208 e. The number of likely N-dealkylation sites (tertiary alicyclic amines) is 1. The van der Waals surface area contributed by atoms with Crippen LogP contribution in [0.3, 0.4) is 0 Å². The highest BCUT2D eigenvalue weighted by atomic mass is 16.4. The number of aromatic nitrogens is 1. The van der Waals surface area contributed by atoms with Crippen LogP contribution in [0.25, 0.3) is 0 Å². The number of benzene rings is 1. The largest absolute Gasteiger partial charge is 0.444 e. The molecule has 2 heterocycles. The number of nitrogens with one attached hydrogen (secondary N) is 1. The molecule has 3 N–H and O–H groups in total. The van der Waals surface area contributed by atoms with Crippen LogP contribution in [0.5, 0.6) is 0 Å². The number of rotatable bonds is 5. The molecule has 1 aromatic carbocycles. The third kappa shape index (κ3) is 4.99. The van der Waals surface area contributed by atoms with Crippen LogP contribution in [0.1, 0.15) is 54.2 Å². The van der Waals surface area contributed by atoms with Crippen LogP contribution in [0.15, 0.2) is 27.6 Å². The maximum atomic E-state index is 6.21. The summed E-state index contributed by atoms with van der Waals surface area (Å²) in [5, 5.41) is 3.36. The van der Waals surface area contributed by atoms with Gasteiger partial charge in [-0.3, -0.25) is 9.89 Å². The standard InChI is InChI=1S/C23H33N5O/c1-16-17(2)29-22(26-16)15-28-12-10-18(11-13-28)14-25-23(24)27-21-9-5-7-19-6-3-4-8-20(19)21/h5,7,9,18H,3-4,6,8,10-15H2,1-2H3,(H3,24,25,27). The molecular weight excluding hydrogens is 362 g/mol. The van der Waals surface area contributed by atoms with E-state index in [2.05, 4.69) is 38.4 Å². The van der Waals surface area contributed by atoms with Crippen LogP contribution in [-0.4, -0.2) is 35.5 Å². The molecule has 1 fully saturated rings. The number of aryl methyl sites for hydroxylation is 3. The molecule has 29 heavy (non-hydrogen) atoms. The van der Waals surface area contributed by atoms with Gasteiger partial charge in [-0.25, -0.2) is 4.98 Å². The van der Waals surface area contributed by atoms with E-state index < -0.39 is 0 Å². The van der Waals surface area contributed by atoms with Gasteiger partial charge >= 0.3 is 0 Å². The van der Waals surface area contributed by atoms with Crippen LogP contribution >= 0.6 is 0 Å². The molecule has 2 aliphatic rings. The van der Waals surface area contributed by atoms with Crippen LogP contribution in [0.2, 0.25) is 0 Å². The molecule has 0 saturated carbocycles. The van der Waals surface area contributed by atoms with Gasteiger partial charge in [0.05, 0.1) is 12.2 Å². The van der Waals surface area contributed by atoms with Crippen molar-refractivity contribution in [3.05, 3.63) is 46.7 Å². The van der Waals surface area contributed by atoms with Gasteiger partial charge in [0.1, 0.15) is 5.76 Å². The van der Waals surface area contributed by atoms with E-state index in [1.807, 2.05) is 13.8 Å². The number of nitrogens with two attached hydrogens (primary N) is 1. The van der Waals surface area contributed by atoms with E-state index >= 15 is 0 Å². The molecule has 0 amide bonds. The summed E-state index contributed by atoms with van der Waals surface area (Å²) >= 11 is 0. The molecule has 6 nitrogen and oxygen atoms in total. The van der Waals surface area contributed by atoms with Gasteiger partial charge in [-0.15, -0.1) is 0 Å². The van der Waals surface area contributed by atoms with Crippen LogP contribution < -0.4 is 11.1 Å². The van der Waals surface area contributed by atoms with Gasteiger partial charge in [0.15, 0.2) is 5.96 Å². The predicted molar refractivity (Wildman–Crippen MR) is 117 cm³/mol. The SMILES string of the molecule is Cc1nc(CN2CCC(CN=C(N)Nc3cccc4c3CCCC4)CC2)oc1C. The second-order valence-electron chi connectivity index (χ2n) is 8.47. The normalized spacial score (nSPS) is 18.6. The Morgan fingerprint density at radius 2 is 2.03 bits per heavy atom. The molecule has 0 radical (unpaired) electrons. The minimum absolute atomic E-state index is 0.539. The van der Waals surface area contributed by atoms with Crippen molar-refractivity contribution in [2.24, 2.45) is 16.6 Å². The third-order valence-corrected chi connectivity index (χ3v) is 6.32. The molecule has 156 valence electrons. The number of hydrogen-bond acceptors (Lipinski definition) is 4. The first-order valence-electron chi connectivity index (χ1n) is 10.9. The summed E-state index contributed by atoms with van der Waals surface area (Å²) in [6, 6.07) is 6.48. The van der Waals surface area contributed by atoms with E-state index in [0.717, 1.165) is 68.5 Å². The number of anilines is 1. The fourth-order valence-electron chi connectivity index (χ4n) is 4.43. The van der Waals surface area contributed by atoms with Crippen molar-refractivity contribution in [3.63, 3.8) is 0 Å². The summed E-state index contributed by atoms with van der Waals surface area (Å²) in [6.07, 6.45) is 7.12. The lowest BCUT2D eigenvalue weighted by Gasteiger charge is -2.30. The molecule has 0 atom stereocenters. The third-order valence-electron chi connectivity index (χ3n) is 6.32. The maximum absolute atomic E-state index is 6.21. The Hall–Kier alpha value is -2.34. The summed E-state index contributed by atoms with van der Waals surface area (Å²) in [6.45, 7) is 7.67. The second-order valence-corrected chi connectivity index (χ2v) is 8.47. The lowest BCUT2D eigenvalue weighted by molar-refractivity contribution is 0.166. The number of nitrogens with zero attached hydrogens (tertiary/aromatic N) is 3. The van der Waals surface area contributed by atoms with Crippen molar-refractivity contribution in [1.29, 1.82) is 0 Å². The van der Waals surface area contributed by atoms with E-state index in [-0.39, 0.29) is 0 Å². The Morgan fingerprint density at radius 1 is 1.24 bits per heavy atom. The number of fused-ring (bicyclic) bond motifs is 1. The number of oxazole rings is 1. The Kier molecular flexibility index (Phi) is 6.19. The van der Waals surface area contributed by atoms with Gasteiger partial charge in [-0.05, 0) is 88.6 Å². The summed E-state index contributed by atoms with van der Waals surface area (Å²) in [7, 11) is 0. The Labute approximate surface area is 173 Å².